The first-order valence-corrected chi connectivity index (χ1v) is 7.91. The Hall–Kier alpha value is -0.290. The summed E-state index contributed by atoms with van der Waals surface area (Å²) in [7, 11) is 0. The van der Waals surface area contributed by atoms with E-state index in [0.29, 0.717) is 6.54 Å². The van der Waals surface area contributed by atoms with Gasteiger partial charge >= 0.3 is 0 Å². The number of hydrogen-bond donors (Lipinski definition) is 2. The molecule has 1 aromatic carbocycles. The molecule has 0 saturated carbocycles. The van der Waals surface area contributed by atoms with Crippen LogP contribution in [-0.4, -0.2) is 36.6 Å². The topological polar surface area (TPSA) is 41.3 Å². The number of hydrogen-bond acceptors (Lipinski definition) is 3. The molecule has 3 nitrogen and oxygen atoms in total. The number of anilines is 1. The Kier molecular flexibility index (Phi) is 5.12. The number of nitrogens with zero attached hydrogens (tertiary/aromatic N) is 1. The van der Waals surface area contributed by atoms with Gasteiger partial charge in [0, 0.05) is 29.8 Å². The van der Waals surface area contributed by atoms with E-state index in [1.54, 1.807) is 0 Å². The Morgan fingerprint density at radius 3 is 2.63 bits per heavy atom. The minimum Gasteiger partial charge on any atom is -0.378 e. The summed E-state index contributed by atoms with van der Waals surface area (Å²) in [5, 5.41) is 4.32. The van der Waals surface area contributed by atoms with E-state index in [2.05, 4.69) is 33.1 Å². The highest BCUT2D eigenvalue weighted by Gasteiger charge is 2.32. The van der Waals surface area contributed by atoms with Crippen molar-refractivity contribution in [2.24, 2.45) is 5.73 Å². The molecule has 1 aromatic rings. The first-order chi connectivity index (χ1) is 9.08. The molecule has 0 radical (unpaired) electrons. The molecular weight excluding hydrogens is 326 g/mol. The van der Waals surface area contributed by atoms with Crippen molar-refractivity contribution in [2.45, 2.75) is 25.3 Å². The molecule has 2 rings (SSSR count). The smallest absolute Gasteiger partial charge is 0.0568 e. The van der Waals surface area contributed by atoms with Crippen LogP contribution in [0.3, 0.4) is 0 Å². The summed E-state index contributed by atoms with van der Waals surface area (Å²) in [5.74, 6) is 0. The average molecular weight is 347 g/mol. The van der Waals surface area contributed by atoms with Gasteiger partial charge in [-0.2, -0.15) is 0 Å². The fraction of sp³-hybridized carbons (Fsp3) is 0.571. The van der Waals surface area contributed by atoms with Crippen LogP contribution in [0.5, 0.6) is 0 Å². The maximum absolute atomic E-state index is 6.14. The van der Waals surface area contributed by atoms with Gasteiger partial charge in [-0.3, -0.25) is 0 Å². The summed E-state index contributed by atoms with van der Waals surface area (Å²) in [4.78, 5) is 2.46. The van der Waals surface area contributed by atoms with Gasteiger partial charge in [0.25, 0.3) is 0 Å². The predicted molar refractivity (Wildman–Crippen MR) is 85.9 cm³/mol. The average Bonchev–Trinajstić information content (AvgIpc) is 2.44. The molecule has 0 amide bonds. The second-order valence-electron chi connectivity index (χ2n) is 5.17. The van der Waals surface area contributed by atoms with Gasteiger partial charge in [0.05, 0.1) is 10.6 Å². The van der Waals surface area contributed by atoms with Gasteiger partial charge in [0.1, 0.15) is 0 Å². The van der Waals surface area contributed by atoms with Crippen molar-refractivity contribution in [1.82, 2.24) is 4.90 Å². The van der Waals surface area contributed by atoms with Crippen LogP contribution in [-0.2, 0) is 0 Å². The Morgan fingerprint density at radius 2 is 2.11 bits per heavy atom. The number of rotatable bonds is 4. The fourth-order valence-corrected chi connectivity index (χ4v) is 2.98. The fourth-order valence-electron chi connectivity index (χ4n) is 2.56. The molecule has 1 fully saturated rings. The van der Waals surface area contributed by atoms with E-state index in [4.69, 9.17) is 17.3 Å². The van der Waals surface area contributed by atoms with Crippen LogP contribution < -0.4 is 11.1 Å². The van der Waals surface area contributed by atoms with Crippen molar-refractivity contribution in [1.29, 1.82) is 0 Å². The molecular formula is C14H21BrClN3. The zero-order valence-corrected chi connectivity index (χ0v) is 13.6. The second kappa shape index (κ2) is 6.44. The van der Waals surface area contributed by atoms with Crippen LogP contribution in [0.25, 0.3) is 0 Å². The highest BCUT2D eigenvalue weighted by molar-refractivity contribution is 9.10. The molecule has 0 atom stereocenters. The summed E-state index contributed by atoms with van der Waals surface area (Å²) in [6.07, 6.45) is 2.15. The number of piperidine rings is 1. The minimum atomic E-state index is 0.00281. The van der Waals surface area contributed by atoms with Gasteiger partial charge < -0.3 is 16.0 Å². The summed E-state index contributed by atoms with van der Waals surface area (Å²) >= 11 is 9.55. The van der Waals surface area contributed by atoms with E-state index >= 15 is 0 Å². The number of nitrogens with two attached hydrogens (primary N) is 1. The minimum absolute atomic E-state index is 0.00281. The van der Waals surface area contributed by atoms with Gasteiger partial charge in [-0.25, -0.2) is 0 Å². The number of nitrogens with one attached hydrogen (secondary N) is 1. The van der Waals surface area contributed by atoms with Gasteiger partial charge in [-0.15, -0.1) is 0 Å². The monoisotopic (exact) mass is 345 g/mol. The summed E-state index contributed by atoms with van der Waals surface area (Å²) in [6, 6.07) is 5.96. The summed E-state index contributed by atoms with van der Waals surface area (Å²) in [6.45, 7) is 6.18. The number of benzene rings is 1. The molecule has 1 aliphatic rings. The highest BCUT2D eigenvalue weighted by atomic mass is 79.9. The maximum atomic E-state index is 6.14. The molecule has 0 aromatic heterocycles. The van der Waals surface area contributed by atoms with E-state index in [1.807, 2.05) is 18.2 Å². The SMILES string of the molecule is CCN1CCC(CN)(Nc2ccc(Br)c(Cl)c2)CC1. The molecule has 0 unspecified atom stereocenters. The Bertz CT molecular complexity index is 431. The number of halogens is 2. The van der Waals surface area contributed by atoms with E-state index < -0.39 is 0 Å². The van der Waals surface area contributed by atoms with Gasteiger partial charge in [0.15, 0.2) is 0 Å². The Balaban J connectivity index is 2.08. The van der Waals surface area contributed by atoms with Crippen molar-refractivity contribution >= 4 is 33.2 Å². The molecule has 3 N–H and O–H groups in total. The first-order valence-electron chi connectivity index (χ1n) is 6.74. The zero-order chi connectivity index (χ0) is 13.9. The lowest BCUT2D eigenvalue weighted by molar-refractivity contribution is 0.184. The van der Waals surface area contributed by atoms with Crippen LogP contribution in [0.2, 0.25) is 5.02 Å². The molecule has 1 heterocycles. The van der Waals surface area contributed by atoms with Crippen molar-refractivity contribution < 1.29 is 0 Å². The van der Waals surface area contributed by atoms with Crippen LogP contribution in [0.15, 0.2) is 22.7 Å². The predicted octanol–water partition coefficient (Wildman–Crippen LogP) is 3.33. The third-order valence-electron chi connectivity index (χ3n) is 3.98. The second-order valence-corrected chi connectivity index (χ2v) is 6.43. The van der Waals surface area contributed by atoms with Crippen LogP contribution >= 0.6 is 27.5 Å². The lowest BCUT2D eigenvalue weighted by atomic mass is 9.87. The van der Waals surface area contributed by atoms with E-state index in [1.165, 1.54) is 0 Å². The third-order valence-corrected chi connectivity index (χ3v) is 5.21. The van der Waals surface area contributed by atoms with Gasteiger partial charge in [0.2, 0.25) is 0 Å². The first kappa shape index (κ1) is 15.1. The largest absolute Gasteiger partial charge is 0.378 e. The molecule has 1 saturated heterocycles. The normalized spacial score (nSPS) is 19.4. The summed E-state index contributed by atoms with van der Waals surface area (Å²) < 4.78 is 0.919. The van der Waals surface area contributed by atoms with Crippen molar-refractivity contribution in [3.8, 4) is 0 Å². The van der Waals surface area contributed by atoms with Crippen molar-refractivity contribution in [3.05, 3.63) is 27.7 Å². The van der Waals surface area contributed by atoms with Crippen LogP contribution in [0.4, 0.5) is 5.69 Å². The number of likely N-dealkylation sites (tertiary alicyclic amines) is 1. The van der Waals surface area contributed by atoms with Crippen LogP contribution in [0.1, 0.15) is 19.8 Å². The van der Waals surface area contributed by atoms with Gasteiger partial charge in [-0.1, -0.05) is 18.5 Å². The van der Waals surface area contributed by atoms with E-state index in [-0.39, 0.29) is 5.54 Å². The lowest BCUT2D eigenvalue weighted by Crippen LogP contribution is -2.53. The van der Waals surface area contributed by atoms with Crippen molar-refractivity contribution in [3.63, 3.8) is 0 Å². The molecule has 19 heavy (non-hydrogen) atoms. The molecule has 5 heteroatoms. The van der Waals surface area contributed by atoms with Crippen LogP contribution in [0, 0.1) is 0 Å². The Morgan fingerprint density at radius 1 is 1.42 bits per heavy atom. The lowest BCUT2D eigenvalue weighted by Gasteiger charge is -2.42. The van der Waals surface area contributed by atoms with E-state index in [0.717, 1.165) is 47.7 Å². The molecule has 106 valence electrons. The molecule has 0 bridgehead atoms. The van der Waals surface area contributed by atoms with Crippen molar-refractivity contribution in [2.75, 3.05) is 31.5 Å². The van der Waals surface area contributed by atoms with Gasteiger partial charge in [-0.05, 0) is 53.5 Å². The maximum Gasteiger partial charge on any atom is 0.0568 e. The highest BCUT2D eigenvalue weighted by Crippen LogP contribution is 2.30. The molecule has 0 spiro atoms. The molecule has 1 aliphatic heterocycles. The third kappa shape index (κ3) is 3.63. The standard InChI is InChI=1S/C14H21BrClN3/c1-2-19-7-5-14(10-17,6-8-19)18-11-3-4-12(15)13(16)9-11/h3-4,9,18H,2,5-8,10,17H2,1H3. The molecule has 0 aliphatic carbocycles. The zero-order valence-electron chi connectivity index (χ0n) is 11.3. The Labute approximate surface area is 128 Å². The summed E-state index contributed by atoms with van der Waals surface area (Å²) in [5.41, 5.74) is 7.07. The quantitative estimate of drug-likeness (QED) is 0.878. The van der Waals surface area contributed by atoms with E-state index in [9.17, 15) is 0 Å².